The van der Waals surface area contributed by atoms with Crippen molar-refractivity contribution in [1.29, 1.82) is 0 Å². The highest BCUT2D eigenvalue weighted by atomic mass is 16.3. The van der Waals surface area contributed by atoms with Crippen molar-refractivity contribution in [3.05, 3.63) is 0 Å². The predicted molar refractivity (Wildman–Crippen MR) is 69.8 cm³/mol. The second-order valence-corrected chi connectivity index (χ2v) is 5.38. The zero-order valence-corrected chi connectivity index (χ0v) is 11.5. The van der Waals surface area contributed by atoms with Crippen molar-refractivity contribution in [3.63, 3.8) is 0 Å². The Morgan fingerprint density at radius 2 is 1.41 bits per heavy atom. The number of rotatable bonds is 6. The van der Waals surface area contributed by atoms with E-state index < -0.39 is 0 Å². The molecule has 1 heterocycles. The van der Waals surface area contributed by atoms with Crippen LogP contribution in [-0.2, 0) is 0 Å². The van der Waals surface area contributed by atoms with Crippen LogP contribution in [0.15, 0.2) is 0 Å². The molecule has 17 heavy (non-hydrogen) atoms. The number of piperidine rings is 1. The van der Waals surface area contributed by atoms with Gasteiger partial charge in [0.25, 0.3) is 0 Å². The summed E-state index contributed by atoms with van der Waals surface area (Å²) >= 11 is 0. The van der Waals surface area contributed by atoms with Crippen LogP contribution < -0.4 is 0 Å². The first-order valence-electron chi connectivity index (χ1n) is 6.85. The van der Waals surface area contributed by atoms with Crippen molar-refractivity contribution in [2.75, 3.05) is 26.2 Å². The molecule has 0 aromatic carbocycles. The molecule has 0 saturated carbocycles. The Morgan fingerprint density at radius 3 is 1.82 bits per heavy atom. The standard InChI is InChI=1S/C13H28N2O2/c1-11(16)9-15(10-12(2)17)13(3)14-7-5-4-6-8-14/h11-13,16-17H,4-10H2,1-3H3. The van der Waals surface area contributed by atoms with Crippen LogP contribution in [0.2, 0.25) is 0 Å². The van der Waals surface area contributed by atoms with Gasteiger partial charge in [-0.25, -0.2) is 0 Å². The van der Waals surface area contributed by atoms with Gasteiger partial charge in [0.05, 0.1) is 18.4 Å². The molecule has 1 aliphatic rings. The Bertz CT molecular complexity index is 194. The van der Waals surface area contributed by atoms with Gasteiger partial charge in [-0.15, -0.1) is 0 Å². The van der Waals surface area contributed by atoms with Crippen LogP contribution in [0.5, 0.6) is 0 Å². The fourth-order valence-corrected chi connectivity index (χ4v) is 2.58. The monoisotopic (exact) mass is 244 g/mol. The maximum absolute atomic E-state index is 9.54. The molecule has 0 amide bonds. The van der Waals surface area contributed by atoms with Crippen LogP contribution in [0, 0.1) is 0 Å². The van der Waals surface area contributed by atoms with Gasteiger partial charge in [0, 0.05) is 13.1 Å². The van der Waals surface area contributed by atoms with Crippen LogP contribution in [0.25, 0.3) is 0 Å². The molecule has 4 nitrogen and oxygen atoms in total. The molecular formula is C13H28N2O2. The average molecular weight is 244 g/mol. The molecule has 2 N–H and O–H groups in total. The zero-order chi connectivity index (χ0) is 12.8. The van der Waals surface area contributed by atoms with Crippen molar-refractivity contribution in [2.24, 2.45) is 0 Å². The van der Waals surface area contributed by atoms with E-state index in [1.165, 1.54) is 19.3 Å². The van der Waals surface area contributed by atoms with E-state index in [9.17, 15) is 10.2 Å². The summed E-state index contributed by atoms with van der Waals surface area (Å²) in [5.41, 5.74) is 0. The molecule has 0 aliphatic carbocycles. The number of hydrogen-bond acceptors (Lipinski definition) is 4. The first-order chi connectivity index (χ1) is 8.00. The third-order valence-electron chi connectivity index (χ3n) is 3.45. The summed E-state index contributed by atoms with van der Waals surface area (Å²) in [6.45, 7) is 9.31. The van der Waals surface area contributed by atoms with Gasteiger partial charge in [0.1, 0.15) is 0 Å². The number of likely N-dealkylation sites (tertiary alicyclic amines) is 1. The molecule has 1 saturated heterocycles. The van der Waals surface area contributed by atoms with E-state index in [2.05, 4.69) is 16.7 Å². The first-order valence-corrected chi connectivity index (χ1v) is 6.85. The molecule has 102 valence electrons. The van der Waals surface area contributed by atoms with Gasteiger partial charge in [0.15, 0.2) is 0 Å². The molecule has 1 fully saturated rings. The highest BCUT2D eigenvalue weighted by molar-refractivity contribution is 4.75. The number of aliphatic hydroxyl groups excluding tert-OH is 2. The maximum atomic E-state index is 9.54. The Hall–Kier alpha value is -0.160. The van der Waals surface area contributed by atoms with Gasteiger partial charge in [-0.2, -0.15) is 0 Å². The van der Waals surface area contributed by atoms with E-state index in [1.54, 1.807) is 13.8 Å². The maximum Gasteiger partial charge on any atom is 0.0639 e. The third-order valence-corrected chi connectivity index (χ3v) is 3.45. The molecular weight excluding hydrogens is 216 g/mol. The summed E-state index contributed by atoms with van der Waals surface area (Å²) in [7, 11) is 0. The van der Waals surface area contributed by atoms with Crippen molar-refractivity contribution in [3.8, 4) is 0 Å². The van der Waals surface area contributed by atoms with E-state index in [-0.39, 0.29) is 12.2 Å². The lowest BCUT2D eigenvalue weighted by Gasteiger charge is -2.40. The molecule has 1 rings (SSSR count). The van der Waals surface area contributed by atoms with E-state index >= 15 is 0 Å². The number of aliphatic hydroxyl groups is 2. The summed E-state index contributed by atoms with van der Waals surface area (Å²) in [6.07, 6.45) is 3.47. The topological polar surface area (TPSA) is 46.9 Å². The van der Waals surface area contributed by atoms with E-state index in [0.717, 1.165) is 13.1 Å². The van der Waals surface area contributed by atoms with Gasteiger partial charge in [0.2, 0.25) is 0 Å². The SMILES string of the molecule is CC(O)CN(CC(C)O)C(C)N1CCCCC1. The molecule has 0 aromatic heterocycles. The number of hydrogen-bond donors (Lipinski definition) is 2. The average Bonchev–Trinajstić information content (AvgIpc) is 2.27. The quantitative estimate of drug-likeness (QED) is 0.728. The van der Waals surface area contributed by atoms with Gasteiger partial charge >= 0.3 is 0 Å². The minimum atomic E-state index is -0.346. The summed E-state index contributed by atoms with van der Waals surface area (Å²) in [6, 6.07) is 0. The molecule has 4 heteroatoms. The minimum absolute atomic E-state index is 0.305. The van der Waals surface area contributed by atoms with E-state index in [4.69, 9.17) is 0 Å². The normalized spacial score (nSPS) is 23.6. The van der Waals surface area contributed by atoms with Crippen LogP contribution in [0.1, 0.15) is 40.0 Å². The molecule has 3 unspecified atom stereocenters. The molecule has 3 atom stereocenters. The predicted octanol–water partition coefficient (Wildman–Crippen LogP) is 0.882. The lowest BCUT2D eigenvalue weighted by Crippen LogP contribution is -2.52. The van der Waals surface area contributed by atoms with Gasteiger partial charge in [-0.05, 0) is 46.7 Å². The van der Waals surface area contributed by atoms with Crippen molar-refractivity contribution < 1.29 is 10.2 Å². The van der Waals surface area contributed by atoms with Gasteiger partial charge < -0.3 is 10.2 Å². The molecule has 0 aromatic rings. The second kappa shape index (κ2) is 7.31. The summed E-state index contributed by atoms with van der Waals surface area (Å²) in [5, 5.41) is 19.1. The first kappa shape index (κ1) is 14.9. The Labute approximate surface area is 105 Å². The van der Waals surface area contributed by atoms with E-state index in [1.807, 2.05) is 0 Å². The largest absolute Gasteiger partial charge is 0.392 e. The second-order valence-electron chi connectivity index (χ2n) is 5.38. The highest BCUT2D eigenvalue weighted by Crippen LogP contribution is 2.15. The fourth-order valence-electron chi connectivity index (χ4n) is 2.58. The minimum Gasteiger partial charge on any atom is -0.392 e. The highest BCUT2D eigenvalue weighted by Gasteiger charge is 2.24. The van der Waals surface area contributed by atoms with Crippen LogP contribution in [0.3, 0.4) is 0 Å². The third kappa shape index (κ3) is 5.34. The van der Waals surface area contributed by atoms with Gasteiger partial charge in [-0.1, -0.05) is 6.42 Å². The smallest absolute Gasteiger partial charge is 0.0639 e. The zero-order valence-electron chi connectivity index (χ0n) is 11.5. The van der Waals surface area contributed by atoms with Crippen molar-refractivity contribution in [1.82, 2.24) is 9.80 Å². The molecule has 1 aliphatic heterocycles. The molecule has 0 bridgehead atoms. The number of nitrogens with zero attached hydrogens (tertiary/aromatic N) is 2. The lowest BCUT2D eigenvalue weighted by atomic mass is 10.1. The summed E-state index contributed by atoms with van der Waals surface area (Å²) in [5.74, 6) is 0. The summed E-state index contributed by atoms with van der Waals surface area (Å²) < 4.78 is 0. The Morgan fingerprint density at radius 1 is 0.941 bits per heavy atom. The van der Waals surface area contributed by atoms with Crippen LogP contribution in [0.4, 0.5) is 0 Å². The molecule has 0 spiro atoms. The lowest BCUT2D eigenvalue weighted by molar-refractivity contribution is -0.00817. The summed E-state index contributed by atoms with van der Waals surface area (Å²) in [4.78, 5) is 4.63. The van der Waals surface area contributed by atoms with Crippen molar-refractivity contribution >= 4 is 0 Å². The van der Waals surface area contributed by atoms with E-state index in [0.29, 0.717) is 19.3 Å². The fraction of sp³-hybridized carbons (Fsp3) is 1.00. The van der Waals surface area contributed by atoms with Crippen LogP contribution in [-0.4, -0.2) is 64.6 Å². The van der Waals surface area contributed by atoms with Crippen LogP contribution >= 0.6 is 0 Å². The van der Waals surface area contributed by atoms with Crippen molar-refractivity contribution in [2.45, 2.75) is 58.4 Å². The Kier molecular flexibility index (Phi) is 6.41. The Balaban J connectivity index is 2.53. The molecule has 0 radical (unpaired) electrons. The van der Waals surface area contributed by atoms with Gasteiger partial charge in [-0.3, -0.25) is 9.80 Å².